The Bertz CT molecular complexity index is 930. The number of carbonyl (C=O) groups excluding carboxylic acids is 3. The molecule has 0 radical (unpaired) electrons. The highest BCUT2D eigenvalue weighted by atomic mass is 19.1. The van der Waals surface area contributed by atoms with Gasteiger partial charge < -0.3 is 19.7 Å². The van der Waals surface area contributed by atoms with Crippen molar-refractivity contribution in [2.75, 3.05) is 20.3 Å². The van der Waals surface area contributed by atoms with Crippen molar-refractivity contribution in [3.05, 3.63) is 65.5 Å². The fourth-order valence-corrected chi connectivity index (χ4v) is 2.89. The van der Waals surface area contributed by atoms with Gasteiger partial charge >= 0.3 is 5.97 Å². The molecule has 0 bridgehead atoms. The van der Waals surface area contributed by atoms with Crippen LogP contribution in [0.5, 0.6) is 5.75 Å². The maximum absolute atomic E-state index is 13.8. The first kappa shape index (κ1) is 24.8. The van der Waals surface area contributed by atoms with Crippen LogP contribution >= 0.6 is 0 Å². The van der Waals surface area contributed by atoms with E-state index in [1.165, 1.54) is 18.0 Å². The molecule has 0 aliphatic rings. The Hall–Kier alpha value is -3.42. The normalized spacial score (nSPS) is 11.6. The maximum Gasteiger partial charge on any atom is 0.329 e. The number of amides is 2. The van der Waals surface area contributed by atoms with Gasteiger partial charge in [-0.25, -0.2) is 9.18 Å². The molecule has 2 amide bonds. The molecule has 0 aliphatic heterocycles. The van der Waals surface area contributed by atoms with Gasteiger partial charge in [0.05, 0.1) is 6.61 Å². The molecule has 0 saturated carbocycles. The first-order chi connectivity index (χ1) is 15.2. The number of ether oxygens (including phenoxy) is 2. The number of rotatable bonds is 10. The molecule has 1 atom stereocenters. The van der Waals surface area contributed by atoms with E-state index < -0.39 is 36.2 Å². The number of hydrogen-bond acceptors (Lipinski definition) is 5. The number of nitrogens with one attached hydrogen (secondary N) is 1. The van der Waals surface area contributed by atoms with Crippen molar-refractivity contribution in [2.24, 2.45) is 5.92 Å². The summed E-state index contributed by atoms with van der Waals surface area (Å²) in [5, 5.41) is 2.66. The molecular weight excluding hydrogens is 415 g/mol. The third-order valence-corrected chi connectivity index (χ3v) is 4.76. The van der Waals surface area contributed by atoms with Crippen LogP contribution in [-0.4, -0.2) is 49.0 Å². The van der Waals surface area contributed by atoms with E-state index in [4.69, 9.17) is 9.47 Å². The van der Waals surface area contributed by atoms with Crippen molar-refractivity contribution in [3.8, 4) is 5.75 Å². The van der Waals surface area contributed by atoms with Gasteiger partial charge in [0.15, 0.2) is 6.61 Å². The lowest BCUT2D eigenvalue weighted by molar-refractivity contribution is -0.154. The Kier molecular flexibility index (Phi) is 9.19. The molecule has 0 unspecified atom stereocenters. The summed E-state index contributed by atoms with van der Waals surface area (Å²) in [6, 6.07) is 11.8. The van der Waals surface area contributed by atoms with Crippen LogP contribution in [0.3, 0.4) is 0 Å². The first-order valence-corrected chi connectivity index (χ1v) is 10.4. The Labute approximate surface area is 187 Å². The molecule has 0 fully saturated rings. The molecule has 0 aromatic heterocycles. The highest BCUT2D eigenvalue weighted by Gasteiger charge is 2.27. The fraction of sp³-hybridized carbons (Fsp3) is 0.375. The summed E-state index contributed by atoms with van der Waals surface area (Å²) < 4.78 is 24.3. The number of likely N-dealkylation sites (N-methyl/N-ethyl adjacent to an activating group) is 1. The summed E-state index contributed by atoms with van der Waals surface area (Å²) in [5.41, 5.74) is 0.727. The number of nitrogens with zero attached hydrogens (tertiary/aromatic N) is 1. The average Bonchev–Trinajstić information content (AvgIpc) is 2.77. The Balaban J connectivity index is 1.92. The predicted octanol–water partition coefficient (Wildman–Crippen LogP) is 3.18. The monoisotopic (exact) mass is 444 g/mol. The molecule has 0 heterocycles. The lowest BCUT2D eigenvalue weighted by Gasteiger charge is -2.22. The van der Waals surface area contributed by atoms with Gasteiger partial charge in [0.2, 0.25) is 0 Å². The zero-order valence-electron chi connectivity index (χ0n) is 18.8. The predicted molar refractivity (Wildman–Crippen MR) is 118 cm³/mol. The van der Waals surface area contributed by atoms with Gasteiger partial charge in [-0.2, -0.15) is 0 Å². The second-order valence-electron chi connectivity index (χ2n) is 7.60. The summed E-state index contributed by atoms with van der Waals surface area (Å²) in [7, 11) is 1.50. The van der Waals surface area contributed by atoms with Gasteiger partial charge in [-0.15, -0.1) is 0 Å². The Morgan fingerprint density at radius 3 is 2.31 bits per heavy atom. The molecule has 2 aromatic rings. The molecule has 0 spiro atoms. The third-order valence-electron chi connectivity index (χ3n) is 4.76. The Morgan fingerprint density at radius 1 is 1.06 bits per heavy atom. The van der Waals surface area contributed by atoms with Crippen molar-refractivity contribution in [3.63, 3.8) is 0 Å². The van der Waals surface area contributed by atoms with E-state index in [9.17, 15) is 18.8 Å². The molecule has 32 heavy (non-hydrogen) atoms. The molecule has 2 aromatic carbocycles. The first-order valence-electron chi connectivity index (χ1n) is 10.4. The molecule has 0 aliphatic carbocycles. The van der Waals surface area contributed by atoms with E-state index in [1.807, 2.05) is 6.92 Å². The number of hydrogen-bond donors (Lipinski definition) is 1. The third kappa shape index (κ3) is 7.08. The van der Waals surface area contributed by atoms with E-state index in [-0.39, 0.29) is 12.5 Å². The van der Waals surface area contributed by atoms with Gasteiger partial charge in [-0.05, 0) is 43.2 Å². The second kappa shape index (κ2) is 11.8. The minimum absolute atomic E-state index is 0.0468. The minimum Gasteiger partial charge on any atom is -0.494 e. The van der Waals surface area contributed by atoms with Gasteiger partial charge in [0, 0.05) is 24.7 Å². The highest BCUT2D eigenvalue weighted by Crippen LogP contribution is 2.13. The number of halogens is 1. The maximum atomic E-state index is 13.8. The molecule has 8 heteroatoms. The number of carbonyl (C=O) groups is 3. The quantitative estimate of drug-likeness (QED) is 0.569. The van der Waals surface area contributed by atoms with E-state index >= 15 is 0 Å². The Morgan fingerprint density at radius 2 is 1.72 bits per heavy atom. The van der Waals surface area contributed by atoms with Crippen molar-refractivity contribution < 1.29 is 28.2 Å². The average molecular weight is 445 g/mol. The van der Waals surface area contributed by atoms with Crippen molar-refractivity contribution in [2.45, 2.75) is 33.4 Å². The summed E-state index contributed by atoms with van der Waals surface area (Å²) >= 11 is 0. The fourth-order valence-electron chi connectivity index (χ4n) is 2.89. The second-order valence-corrected chi connectivity index (χ2v) is 7.60. The van der Waals surface area contributed by atoms with Crippen LogP contribution in [0.1, 0.15) is 36.7 Å². The smallest absolute Gasteiger partial charge is 0.329 e. The zero-order valence-corrected chi connectivity index (χ0v) is 18.8. The number of benzene rings is 2. The molecule has 2 rings (SSSR count). The van der Waals surface area contributed by atoms with E-state index in [0.717, 1.165) is 0 Å². The van der Waals surface area contributed by atoms with E-state index in [0.29, 0.717) is 23.5 Å². The zero-order chi connectivity index (χ0) is 23.7. The summed E-state index contributed by atoms with van der Waals surface area (Å²) in [5.74, 6) is -1.68. The van der Waals surface area contributed by atoms with E-state index in [2.05, 4.69) is 5.32 Å². The van der Waals surface area contributed by atoms with Gasteiger partial charge in [0.25, 0.3) is 11.8 Å². The van der Waals surface area contributed by atoms with E-state index in [1.54, 1.807) is 56.3 Å². The van der Waals surface area contributed by atoms with Gasteiger partial charge in [-0.3, -0.25) is 9.59 Å². The molecular formula is C24H29FN2O5. The molecule has 7 nitrogen and oxygen atoms in total. The lowest BCUT2D eigenvalue weighted by Crippen LogP contribution is -2.46. The van der Waals surface area contributed by atoms with Crippen LogP contribution in [0.4, 0.5) is 4.39 Å². The van der Waals surface area contributed by atoms with Crippen LogP contribution < -0.4 is 10.1 Å². The SMILES string of the molecule is CCOc1ccc(C(=O)N[C@H](C(=O)OCC(=O)N(C)Cc2ccccc2F)C(C)C)cc1. The summed E-state index contributed by atoms with van der Waals surface area (Å²) in [4.78, 5) is 38.7. The molecule has 0 saturated heterocycles. The van der Waals surface area contributed by atoms with Crippen molar-refractivity contribution in [1.82, 2.24) is 10.2 Å². The topological polar surface area (TPSA) is 84.9 Å². The largest absolute Gasteiger partial charge is 0.494 e. The summed E-state index contributed by atoms with van der Waals surface area (Å²) in [6.45, 7) is 5.44. The van der Waals surface area contributed by atoms with Crippen molar-refractivity contribution >= 4 is 17.8 Å². The number of esters is 1. The van der Waals surface area contributed by atoms with Crippen LogP contribution in [0.2, 0.25) is 0 Å². The minimum atomic E-state index is -0.932. The van der Waals surface area contributed by atoms with Crippen LogP contribution in [0.15, 0.2) is 48.5 Å². The van der Waals surface area contributed by atoms with Crippen LogP contribution in [-0.2, 0) is 20.9 Å². The van der Waals surface area contributed by atoms with Crippen LogP contribution in [0.25, 0.3) is 0 Å². The lowest BCUT2D eigenvalue weighted by atomic mass is 10.0. The highest BCUT2D eigenvalue weighted by molar-refractivity contribution is 5.97. The molecule has 172 valence electrons. The van der Waals surface area contributed by atoms with Crippen molar-refractivity contribution in [1.29, 1.82) is 0 Å². The summed E-state index contributed by atoms with van der Waals surface area (Å²) in [6.07, 6.45) is 0. The molecule has 1 N–H and O–H groups in total. The standard InChI is InChI=1S/C24H29FN2O5/c1-5-31-19-12-10-17(11-13-19)23(29)26-22(16(2)3)24(30)32-15-21(28)27(4)14-18-8-6-7-9-20(18)25/h6-13,16,22H,5,14-15H2,1-4H3,(H,26,29)/t22-/m0/s1. The van der Waals surface area contributed by atoms with Gasteiger partial charge in [0.1, 0.15) is 17.6 Å². The van der Waals surface area contributed by atoms with Crippen LogP contribution in [0, 0.1) is 11.7 Å². The van der Waals surface area contributed by atoms with Gasteiger partial charge in [-0.1, -0.05) is 32.0 Å².